The molecule has 0 aromatic heterocycles. The molecule has 1 N–H and O–H groups in total. The first-order valence-electron chi connectivity index (χ1n) is 14.4. The molecule has 0 saturated carbocycles. The van der Waals surface area contributed by atoms with Gasteiger partial charge in [0.05, 0.1) is 10.6 Å². The lowest BCUT2D eigenvalue weighted by Gasteiger charge is -2.35. The van der Waals surface area contributed by atoms with Crippen molar-refractivity contribution in [2.75, 3.05) is 10.8 Å². The molecule has 0 saturated heterocycles. The van der Waals surface area contributed by atoms with Crippen LogP contribution in [0.2, 0.25) is 0 Å². The Bertz CT molecular complexity index is 1690. The summed E-state index contributed by atoms with van der Waals surface area (Å²) in [6, 6.07) is 28.8. The van der Waals surface area contributed by atoms with E-state index < -0.39 is 39.9 Å². The zero-order valence-electron chi connectivity index (χ0n) is 25.4. The standard InChI is InChI=1S/C35H38FN3O4S/c1-26-15-11-12-18-28(26)24-38(32(34(41)37-35(2,3)4)23-27-16-7-5-8-17-27)33(40)25-39(31-22-14-13-21-30(31)36)44(42,43)29-19-9-6-10-20-29/h5-22,32H,23-25H2,1-4H3,(H,37,41). The number of nitrogens with one attached hydrogen (secondary N) is 1. The second-order valence-corrected chi connectivity index (χ2v) is 13.5. The van der Waals surface area contributed by atoms with Crippen LogP contribution < -0.4 is 9.62 Å². The number of halogens is 1. The van der Waals surface area contributed by atoms with Gasteiger partial charge < -0.3 is 10.2 Å². The van der Waals surface area contributed by atoms with Gasteiger partial charge in [0.2, 0.25) is 11.8 Å². The number of hydrogen-bond acceptors (Lipinski definition) is 4. The summed E-state index contributed by atoms with van der Waals surface area (Å²) < 4.78 is 43.9. The second kappa shape index (κ2) is 13.9. The lowest BCUT2D eigenvalue weighted by molar-refractivity contribution is -0.140. The molecule has 0 fully saturated rings. The molecular weight excluding hydrogens is 577 g/mol. The van der Waals surface area contributed by atoms with Gasteiger partial charge in [-0.15, -0.1) is 0 Å². The van der Waals surface area contributed by atoms with Gasteiger partial charge in [0, 0.05) is 18.5 Å². The van der Waals surface area contributed by atoms with Gasteiger partial charge in [-0.25, -0.2) is 12.8 Å². The zero-order valence-corrected chi connectivity index (χ0v) is 26.2. The van der Waals surface area contributed by atoms with Crippen molar-refractivity contribution in [3.63, 3.8) is 0 Å². The molecule has 0 aliphatic carbocycles. The van der Waals surface area contributed by atoms with E-state index in [9.17, 15) is 18.0 Å². The van der Waals surface area contributed by atoms with E-state index >= 15 is 4.39 Å². The minimum atomic E-state index is -4.37. The Kier molecular flexibility index (Phi) is 10.2. The molecule has 0 bridgehead atoms. The Morgan fingerprint density at radius 1 is 0.818 bits per heavy atom. The lowest BCUT2D eigenvalue weighted by Crippen LogP contribution is -2.56. The van der Waals surface area contributed by atoms with Gasteiger partial charge in [-0.05, 0) is 68.7 Å². The maximum absolute atomic E-state index is 15.2. The molecule has 230 valence electrons. The average Bonchev–Trinajstić information content (AvgIpc) is 2.99. The first-order valence-corrected chi connectivity index (χ1v) is 15.8. The smallest absolute Gasteiger partial charge is 0.264 e. The van der Waals surface area contributed by atoms with Crippen LogP contribution in [0.15, 0.2) is 114 Å². The molecule has 4 rings (SSSR count). The van der Waals surface area contributed by atoms with E-state index in [-0.39, 0.29) is 29.5 Å². The van der Waals surface area contributed by atoms with E-state index in [0.717, 1.165) is 27.1 Å². The minimum absolute atomic E-state index is 0.0388. The SMILES string of the molecule is Cc1ccccc1CN(C(=O)CN(c1ccccc1F)S(=O)(=O)c1ccccc1)C(Cc1ccccc1)C(=O)NC(C)(C)C. The quantitative estimate of drug-likeness (QED) is 0.228. The third-order valence-electron chi connectivity index (χ3n) is 7.10. The fraction of sp³-hybridized carbons (Fsp3) is 0.257. The van der Waals surface area contributed by atoms with Crippen molar-refractivity contribution >= 4 is 27.5 Å². The highest BCUT2D eigenvalue weighted by Gasteiger charge is 2.36. The molecule has 0 radical (unpaired) electrons. The Labute approximate surface area is 259 Å². The number of sulfonamides is 1. The highest BCUT2D eigenvalue weighted by Crippen LogP contribution is 2.27. The fourth-order valence-electron chi connectivity index (χ4n) is 4.86. The Morgan fingerprint density at radius 2 is 1.39 bits per heavy atom. The van der Waals surface area contributed by atoms with Gasteiger partial charge in [-0.2, -0.15) is 0 Å². The minimum Gasteiger partial charge on any atom is -0.350 e. The highest BCUT2D eigenvalue weighted by atomic mass is 32.2. The average molecular weight is 616 g/mol. The molecule has 4 aromatic rings. The van der Waals surface area contributed by atoms with Gasteiger partial charge in [-0.3, -0.25) is 13.9 Å². The summed E-state index contributed by atoms with van der Waals surface area (Å²) in [7, 11) is -4.37. The number of hydrogen-bond donors (Lipinski definition) is 1. The van der Waals surface area contributed by atoms with Gasteiger partial charge in [0.25, 0.3) is 10.0 Å². The van der Waals surface area contributed by atoms with Crippen molar-refractivity contribution in [3.05, 3.63) is 132 Å². The van der Waals surface area contributed by atoms with Gasteiger partial charge in [0.1, 0.15) is 18.4 Å². The summed E-state index contributed by atoms with van der Waals surface area (Å²) in [5.74, 6) is -1.83. The summed E-state index contributed by atoms with van der Waals surface area (Å²) in [6.45, 7) is 6.78. The third-order valence-corrected chi connectivity index (χ3v) is 8.88. The van der Waals surface area contributed by atoms with Crippen LogP contribution >= 0.6 is 0 Å². The van der Waals surface area contributed by atoms with E-state index in [1.807, 2.05) is 82.3 Å². The van der Waals surface area contributed by atoms with Crippen molar-refractivity contribution in [3.8, 4) is 0 Å². The molecule has 4 aromatic carbocycles. The van der Waals surface area contributed by atoms with E-state index in [1.54, 1.807) is 18.2 Å². The van der Waals surface area contributed by atoms with Crippen LogP contribution in [0.5, 0.6) is 0 Å². The zero-order chi connectivity index (χ0) is 31.9. The second-order valence-electron chi connectivity index (χ2n) is 11.7. The maximum atomic E-state index is 15.2. The van der Waals surface area contributed by atoms with Crippen LogP contribution in [0, 0.1) is 12.7 Å². The van der Waals surface area contributed by atoms with Gasteiger partial charge >= 0.3 is 0 Å². The molecule has 7 nitrogen and oxygen atoms in total. The topological polar surface area (TPSA) is 86.8 Å². The van der Waals surface area contributed by atoms with Crippen LogP contribution in [0.3, 0.4) is 0 Å². The monoisotopic (exact) mass is 615 g/mol. The number of para-hydroxylation sites is 1. The fourth-order valence-corrected chi connectivity index (χ4v) is 6.31. The number of benzene rings is 4. The van der Waals surface area contributed by atoms with Crippen molar-refractivity contribution in [1.29, 1.82) is 0 Å². The normalized spacial score (nSPS) is 12.3. The van der Waals surface area contributed by atoms with E-state index in [0.29, 0.717) is 0 Å². The summed E-state index contributed by atoms with van der Waals surface area (Å²) in [6.07, 6.45) is 0.186. The Morgan fingerprint density at radius 3 is 2.00 bits per heavy atom. The van der Waals surface area contributed by atoms with Crippen molar-refractivity contribution in [2.45, 2.75) is 57.1 Å². The molecule has 0 spiro atoms. The molecule has 2 amide bonds. The van der Waals surface area contributed by atoms with Crippen molar-refractivity contribution < 1.29 is 22.4 Å². The lowest BCUT2D eigenvalue weighted by atomic mass is 10.00. The number of carbonyl (C=O) groups is 2. The molecule has 0 aliphatic rings. The molecule has 0 heterocycles. The van der Waals surface area contributed by atoms with Gasteiger partial charge in [0.15, 0.2) is 0 Å². The molecule has 44 heavy (non-hydrogen) atoms. The predicted molar refractivity (Wildman–Crippen MR) is 171 cm³/mol. The van der Waals surface area contributed by atoms with Crippen LogP contribution in [0.25, 0.3) is 0 Å². The largest absolute Gasteiger partial charge is 0.350 e. The van der Waals surface area contributed by atoms with Crippen LogP contribution in [0.4, 0.5) is 10.1 Å². The summed E-state index contributed by atoms with van der Waals surface area (Å²) in [5, 5.41) is 3.00. The summed E-state index contributed by atoms with van der Waals surface area (Å²) in [5.41, 5.74) is 1.67. The maximum Gasteiger partial charge on any atom is 0.264 e. The number of aryl methyl sites for hydroxylation is 1. The van der Waals surface area contributed by atoms with Crippen LogP contribution in [-0.2, 0) is 32.6 Å². The third kappa shape index (κ3) is 8.11. The molecule has 0 aliphatic heterocycles. The molecule has 9 heteroatoms. The number of rotatable bonds is 11. The number of anilines is 1. The van der Waals surface area contributed by atoms with E-state index in [2.05, 4.69) is 5.32 Å². The van der Waals surface area contributed by atoms with E-state index in [1.165, 1.54) is 35.2 Å². The Hall–Kier alpha value is -4.50. The number of nitrogens with zero attached hydrogens (tertiary/aromatic N) is 2. The predicted octanol–water partition coefficient (Wildman–Crippen LogP) is 5.88. The first kappa shape index (κ1) is 32.4. The highest BCUT2D eigenvalue weighted by molar-refractivity contribution is 7.92. The van der Waals surface area contributed by atoms with Crippen LogP contribution in [-0.4, -0.2) is 43.3 Å². The Balaban J connectivity index is 1.83. The molecular formula is C35H38FN3O4S. The first-order chi connectivity index (χ1) is 20.9. The van der Waals surface area contributed by atoms with Crippen molar-refractivity contribution in [1.82, 2.24) is 10.2 Å². The number of carbonyl (C=O) groups excluding carboxylic acids is 2. The molecule has 1 unspecified atom stereocenters. The van der Waals surface area contributed by atoms with Crippen molar-refractivity contribution in [2.24, 2.45) is 0 Å². The summed E-state index contributed by atoms with van der Waals surface area (Å²) in [4.78, 5) is 29.7. The van der Waals surface area contributed by atoms with Crippen LogP contribution in [0.1, 0.15) is 37.5 Å². The van der Waals surface area contributed by atoms with Gasteiger partial charge in [-0.1, -0.05) is 84.9 Å². The van der Waals surface area contributed by atoms with E-state index in [4.69, 9.17) is 0 Å². The number of amides is 2. The molecule has 1 atom stereocenters. The summed E-state index contributed by atoms with van der Waals surface area (Å²) >= 11 is 0.